The van der Waals surface area contributed by atoms with E-state index >= 15 is 0 Å². The van der Waals surface area contributed by atoms with Crippen molar-refractivity contribution in [1.82, 2.24) is 20.4 Å². The number of rotatable bonds is 13. The first-order chi connectivity index (χ1) is 19.5. The number of ether oxygens (including phenoxy) is 1. The van der Waals surface area contributed by atoms with Crippen molar-refractivity contribution in [2.75, 3.05) is 32.7 Å². The van der Waals surface area contributed by atoms with Crippen LogP contribution < -0.4 is 10.6 Å². The summed E-state index contributed by atoms with van der Waals surface area (Å²) >= 11 is 0. The van der Waals surface area contributed by atoms with Crippen molar-refractivity contribution in [2.45, 2.75) is 76.5 Å². The highest BCUT2D eigenvalue weighted by molar-refractivity contribution is 6.00. The zero-order valence-electron chi connectivity index (χ0n) is 23.8. The summed E-state index contributed by atoms with van der Waals surface area (Å²) in [5.74, 6) is 0.0412. The average Bonchev–Trinajstić information content (AvgIpc) is 2.99. The number of amides is 3. The molecule has 2 aromatic rings. The second-order valence-corrected chi connectivity index (χ2v) is 11.0. The van der Waals surface area contributed by atoms with Gasteiger partial charge in [0.1, 0.15) is 18.2 Å². The number of likely N-dealkylation sites (tertiary alicyclic amines) is 1. The van der Waals surface area contributed by atoms with Gasteiger partial charge in [0.05, 0.1) is 0 Å². The van der Waals surface area contributed by atoms with Crippen LogP contribution in [0.1, 0.15) is 63.0 Å². The maximum absolute atomic E-state index is 13.6. The van der Waals surface area contributed by atoms with Gasteiger partial charge in [0.2, 0.25) is 11.8 Å². The molecule has 3 amide bonds. The number of nitrogens with one attached hydrogen (secondary N) is 2. The molecule has 2 aliphatic heterocycles. The fraction of sp³-hybridized carbons (Fsp3) is 0.531. The highest BCUT2D eigenvalue weighted by atomic mass is 16.5. The van der Waals surface area contributed by atoms with Crippen LogP contribution in [0.15, 0.2) is 60.7 Å². The van der Waals surface area contributed by atoms with E-state index in [4.69, 9.17) is 4.74 Å². The fourth-order valence-electron chi connectivity index (χ4n) is 5.73. The van der Waals surface area contributed by atoms with Crippen LogP contribution in [0.5, 0.6) is 0 Å². The second kappa shape index (κ2) is 14.8. The minimum Gasteiger partial charge on any atom is -0.445 e. The molecule has 2 N–H and O–H groups in total. The Bertz CT molecular complexity index is 1090. The summed E-state index contributed by atoms with van der Waals surface area (Å²) in [4.78, 5) is 43.5. The van der Waals surface area contributed by atoms with Crippen molar-refractivity contribution < 1.29 is 19.1 Å². The third kappa shape index (κ3) is 7.84. The Hall–Kier alpha value is -3.39. The van der Waals surface area contributed by atoms with Gasteiger partial charge in [-0.3, -0.25) is 9.59 Å². The standard InChI is InChI=1S/C32H44N4O4/c1-2-3-21-36-29(37)28(16-10-11-20-33-31(39)40-25-27-14-8-5-9-15-27)34-30(38)32(36)18-23-35(24-19-32)22-17-26-12-6-4-7-13-26/h4-9,12-15,28H,2-3,10-11,16-25H2,1H3,(H,33,39)(H,34,38)/t28-/m0/s1. The highest BCUT2D eigenvalue weighted by Crippen LogP contribution is 2.34. The predicted molar refractivity (Wildman–Crippen MR) is 156 cm³/mol. The number of hydrogen-bond donors (Lipinski definition) is 2. The van der Waals surface area contributed by atoms with Gasteiger partial charge in [0.25, 0.3) is 0 Å². The Morgan fingerprint density at radius 2 is 1.62 bits per heavy atom. The largest absolute Gasteiger partial charge is 0.445 e. The molecule has 1 atom stereocenters. The van der Waals surface area contributed by atoms with Crippen molar-refractivity contribution in [1.29, 1.82) is 0 Å². The van der Waals surface area contributed by atoms with Crippen molar-refractivity contribution in [2.24, 2.45) is 0 Å². The van der Waals surface area contributed by atoms with E-state index in [1.165, 1.54) is 5.56 Å². The summed E-state index contributed by atoms with van der Waals surface area (Å²) in [5, 5.41) is 5.85. The molecule has 2 fully saturated rings. The molecule has 0 aliphatic carbocycles. The first-order valence-electron chi connectivity index (χ1n) is 14.8. The van der Waals surface area contributed by atoms with E-state index in [0.29, 0.717) is 38.8 Å². The molecular formula is C32H44N4O4. The van der Waals surface area contributed by atoms with Crippen LogP contribution in [0.4, 0.5) is 4.79 Å². The van der Waals surface area contributed by atoms with Gasteiger partial charge >= 0.3 is 6.09 Å². The highest BCUT2D eigenvalue weighted by Gasteiger charge is 2.53. The van der Waals surface area contributed by atoms with Gasteiger partial charge in [0, 0.05) is 32.7 Å². The molecule has 0 bridgehead atoms. The molecule has 2 aliphatic rings. The molecule has 0 aromatic heterocycles. The Labute approximate surface area is 238 Å². The van der Waals surface area contributed by atoms with E-state index in [1.54, 1.807) is 0 Å². The first-order valence-corrected chi connectivity index (χ1v) is 14.8. The molecule has 1 spiro atoms. The average molecular weight is 549 g/mol. The monoisotopic (exact) mass is 548 g/mol. The zero-order valence-corrected chi connectivity index (χ0v) is 23.8. The summed E-state index contributed by atoms with van der Waals surface area (Å²) in [6.07, 6.45) is 5.73. The van der Waals surface area contributed by atoms with Gasteiger partial charge in [-0.15, -0.1) is 0 Å². The molecule has 2 aromatic carbocycles. The number of carbonyl (C=O) groups is 3. The number of carbonyl (C=O) groups excluding carboxylic acids is 3. The van der Waals surface area contributed by atoms with E-state index in [1.807, 2.05) is 41.3 Å². The molecule has 0 radical (unpaired) electrons. The second-order valence-electron chi connectivity index (χ2n) is 11.0. The van der Waals surface area contributed by atoms with Crippen LogP contribution in [0.2, 0.25) is 0 Å². The summed E-state index contributed by atoms with van der Waals surface area (Å²) in [6, 6.07) is 19.5. The first kappa shape index (κ1) is 29.6. The van der Waals surface area contributed by atoms with E-state index in [0.717, 1.165) is 50.9 Å². The van der Waals surface area contributed by atoms with Crippen LogP contribution in [0.3, 0.4) is 0 Å². The van der Waals surface area contributed by atoms with E-state index in [2.05, 4.69) is 46.7 Å². The third-order valence-corrected chi connectivity index (χ3v) is 8.19. The van der Waals surface area contributed by atoms with Gasteiger partial charge in [-0.25, -0.2) is 4.79 Å². The number of nitrogens with zero attached hydrogens (tertiary/aromatic N) is 2. The number of benzene rings is 2. The lowest BCUT2D eigenvalue weighted by molar-refractivity contribution is -0.161. The SMILES string of the molecule is CCCCN1C(=O)[C@H](CCCCNC(=O)OCc2ccccc2)NC(=O)C12CCN(CCc1ccccc1)CC2. The number of hydrogen-bond acceptors (Lipinski definition) is 5. The quantitative estimate of drug-likeness (QED) is 0.365. The summed E-state index contributed by atoms with van der Waals surface area (Å²) in [6.45, 7) is 6.02. The molecule has 4 rings (SSSR count). The van der Waals surface area contributed by atoms with Crippen molar-refractivity contribution >= 4 is 17.9 Å². The minimum atomic E-state index is -0.740. The Balaban J connectivity index is 1.23. The molecule has 8 heteroatoms. The summed E-state index contributed by atoms with van der Waals surface area (Å²) in [5.41, 5.74) is 1.52. The number of piperidine rings is 1. The Kier molecular flexibility index (Phi) is 11.0. The maximum Gasteiger partial charge on any atom is 0.407 e. The molecule has 2 saturated heterocycles. The molecular weight excluding hydrogens is 504 g/mol. The van der Waals surface area contributed by atoms with Gasteiger partial charge < -0.3 is 25.2 Å². The molecule has 8 nitrogen and oxygen atoms in total. The number of piperazine rings is 1. The maximum atomic E-state index is 13.6. The molecule has 0 saturated carbocycles. The van der Waals surface area contributed by atoms with Gasteiger partial charge in [-0.05, 0) is 56.1 Å². The minimum absolute atomic E-state index is 0.00136. The van der Waals surface area contributed by atoms with Crippen LogP contribution in [-0.2, 0) is 27.4 Å². The topological polar surface area (TPSA) is 91.0 Å². The summed E-state index contributed by atoms with van der Waals surface area (Å²) < 4.78 is 5.25. The third-order valence-electron chi connectivity index (χ3n) is 8.19. The van der Waals surface area contributed by atoms with Gasteiger partial charge in [-0.2, -0.15) is 0 Å². The van der Waals surface area contributed by atoms with Crippen LogP contribution >= 0.6 is 0 Å². The molecule has 216 valence electrons. The zero-order chi connectivity index (χ0) is 28.2. The molecule has 40 heavy (non-hydrogen) atoms. The lowest BCUT2D eigenvalue weighted by atomic mass is 9.81. The fourth-order valence-corrected chi connectivity index (χ4v) is 5.73. The van der Waals surface area contributed by atoms with Crippen LogP contribution in [0, 0.1) is 0 Å². The van der Waals surface area contributed by atoms with Crippen molar-refractivity contribution in [3.05, 3.63) is 71.8 Å². The number of unbranched alkanes of at least 4 members (excludes halogenated alkanes) is 2. The smallest absolute Gasteiger partial charge is 0.407 e. The normalized spacial score (nSPS) is 18.9. The molecule has 2 heterocycles. The lowest BCUT2D eigenvalue weighted by Crippen LogP contribution is -2.72. The van der Waals surface area contributed by atoms with Gasteiger partial charge in [-0.1, -0.05) is 74.0 Å². The van der Waals surface area contributed by atoms with Crippen LogP contribution in [0.25, 0.3) is 0 Å². The van der Waals surface area contributed by atoms with E-state index in [-0.39, 0.29) is 18.4 Å². The van der Waals surface area contributed by atoms with Crippen LogP contribution in [-0.4, -0.2) is 72.0 Å². The number of alkyl carbamates (subject to hydrolysis) is 1. The van der Waals surface area contributed by atoms with Crippen molar-refractivity contribution in [3.63, 3.8) is 0 Å². The van der Waals surface area contributed by atoms with Gasteiger partial charge in [0.15, 0.2) is 0 Å². The van der Waals surface area contributed by atoms with Crippen molar-refractivity contribution in [3.8, 4) is 0 Å². The summed E-state index contributed by atoms with van der Waals surface area (Å²) in [7, 11) is 0. The molecule has 0 unspecified atom stereocenters. The predicted octanol–water partition coefficient (Wildman–Crippen LogP) is 4.29. The Morgan fingerprint density at radius 3 is 2.30 bits per heavy atom. The van der Waals surface area contributed by atoms with E-state index < -0.39 is 17.7 Å². The lowest BCUT2D eigenvalue weighted by Gasteiger charge is -2.51. The van der Waals surface area contributed by atoms with E-state index in [9.17, 15) is 14.4 Å². The Morgan fingerprint density at radius 1 is 0.950 bits per heavy atom.